The van der Waals surface area contributed by atoms with Crippen LogP contribution in [0.4, 0.5) is 23.2 Å². The first-order valence-electron chi connectivity index (χ1n) is 5.31. The summed E-state index contributed by atoms with van der Waals surface area (Å²) in [5.41, 5.74) is 5.12. The molecule has 1 aromatic carbocycles. The number of halogens is 4. The fourth-order valence-electron chi connectivity index (χ4n) is 1.22. The Morgan fingerprint density at radius 1 is 1.37 bits per heavy atom. The first kappa shape index (κ1) is 15.2. The van der Waals surface area contributed by atoms with Crippen LogP contribution in [0.15, 0.2) is 18.2 Å². The number of amides is 1. The van der Waals surface area contributed by atoms with Gasteiger partial charge in [-0.3, -0.25) is 4.79 Å². The van der Waals surface area contributed by atoms with Crippen molar-refractivity contribution in [1.82, 2.24) is 0 Å². The summed E-state index contributed by atoms with van der Waals surface area (Å²) in [7, 11) is 0. The Balaban J connectivity index is 2.82. The number of anilines is 1. The molecule has 0 saturated carbocycles. The minimum absolute atomic E-state index is 0.00388. The summed E-state index contributed by atoms with van der Waals surface area (Å²) in [4.78, 5) is 11.3. The number of carbonyl (C=O) groups excluding carboxylic acids is 1. The van der Waals surface area contributed by atoms with Crippen LogP contribution in [0.2, 0.25) is 0 Å². The number of ether oxygens (including phenoxy) is 1. The lowest BCUT2D eigenvalue weighted by atomic mass is 10.2. The van der Waals surface area contributed by atoms with Crippen LogP contribution in [0.1, 0.15) is 6.42 Å². The van der Waals surface area contributed by atoms with E-state index in [9.17, 15) is 22.4 Å². The summed E-state index contributed by atoms with van der Waals surface area (Å²) in [6.45, 7) is -1.48. The van der Waals surface area contributed by atoms with Gasteiger partial charge < -0.3 is 15.8 Å². The van der Waals surface area contributed by atoms with Crippen molar-refractivity contribution < 1.29 is 27.1 Å². The van der Waals surface area contributed by atoms with Gasteiger partial charge in [0, 0.05) is 19.0 Å². The van der Waals surface area contributed by atoms with Gasteiger partial charge in [0.25, 0.3) is 0 Å². The normalized spacial score (nSPS) is 11.2. The number of nitrogens with two attached hydrogens (primary N) is 1. The average Bonchev–Trinajstić information content (AvgIpc) is 2.29. The molecule has 0 atom stereocenters. The quantitative estimate of drug-likeness (QED) is 0.811. The van der Waals surface area contributed by atoms with Gasteiger partial charge in [0.2, 0.25) is 5.91 Å². The van der Waals surface area contributed by atoms with Crippen molar-refractivity contribution in [1.29, 1.82) is 0 Å². The van der Waals surface area contributed by atoms with Crippen LogP contribution in [0.25, 0.3) is 0 Å². The van der Waals surface area contributed by atoms with Crippen LogP contribution in [0.5, 0.6) is 5.75 Å². The third kappa shape index (κ3) is 5.56. The minimum Gasteiger partial charge on any atom is -0.482 e. The summed E-state index contributed by atoms with van der Waals surface area (Å²) in [6, 6.07) is 2.89. The van der Waals surface area contributed by atoms with E-state index in [4.69, 9.17) is 5.73 Å². The Kier molecular flexibility index (Phi) is 5.11. The summed E-state index contributed by atoms with van der Waals surface area (Å²) >= 11 is 0. The third-order valence-electron chi connectivity index (χ3n) is 1.98. The van der Waals surface area contributed by atoms with Gasteiger partial charge in [-0.2, -0.15) is 13.2 Å². The van der Waals surface area contributed by atoms with Crippen LogP contribution in [-0.2, 0) is 4.79 Å². The molecule has 0 spiro atoms. The fourth-order valence-corrected chi connectivity index (χ4v) is 1.22. The summed E-state index contributed by atoms with van der Waals surface area (Å²) in [5.74, 6) is -1.65. The molecule has 0 saturated heterocycles. The van der Waals surface area contributed by atoms with Gasteiger partial charge in [0.15, 0.2) is 6.61 Å². The first-order chi connectivity index (χ1) is 8.81. The van der Waals surface area contributed by atoms with E-state index in [1.165, 1.54) is 0 Å². The number of benzene rings is 1. The van der Waals surface area contributed by atoms with Gasteiger partial charge in [0.05, 0.1) is 5.69 Å². The van der Waals surface area contributed by atoms with Crippen molar-refractivity contribution in [3.63, 3.8) is 0 Å². The minimum atomic E-state index is -4.55. The molecule has 1 rings (SSSR count). The van der Waals surface area contributed by atoms with E-state index in [0.29, 0.717) is 0 Å². The highest BCUT2D eigenvalue weighted by Crippen LogP contribution is 2.27. The average molecular weight is 280 g/mol. The van der Waals surface area contributed by atoms with E-state index >= 15 is 0 Å². The van der Waals surface area contributed by atoms with Crippen LogP contribution in [0, 0.1) is 5.82 Å². The first-order valence-corrected chi connectivity index (χ1v) is 5.31. The van der Waals surface area contributed by atoms with Gasteiger partial charge in [-0.05, 0) is 12.1 Å². The Hall–Kier alpha value is -1.83. The van der Waals surface area contributed by atoms with Crippen molar-refractivity contribution in [2.24, 2.45) is 5.73 Å². The SMILES string of the molecule is NCCC(=O)Nc1ccc(F)cc1OCC(F)(F)F. The van der Waals surface area contributed by atoms with E-state index in [0.717, 1.165) is 18.2 Å². The molecule has 0 bridgehead atoms. The van der Waals surface area contributed by atoms with Crippen LogP contribution in [0.3, 0.4) is 0 Å². The zero-order chi connectivity index (χ0) is 14.5. The Bertz CT molecular complexity index is 449. The molecule has 1 aromatic rings. The molecule has 0 aliphatic rings. The molecule has 0 aromatic heterocycles. The topological polar surface area (TPSA) is 64.4 Å². The number of hydrogen-bond donors (Lipinski definition) is 2. The van der Waals surface area contributed by atoms with Crippen molar-refractivity contribution in [3.05, 3.63) is 24.0 Å². The Labute approximate surface area is 106 Å². The predicted octanol–water partition coefficient (Wildman–Crippen LogP) is 2.05. The summed E-state index contributed by atoms with van der Waals surface area (Å²) < 4.78 is 53.5. The maximum atomic E-state index is 13.0. The number of hydrogen-bond acceptors (Lipinski definition) is 3. The molecular formula is C11H12F4N2O2. The van der Waals surface area contributed by atoms with E-state index in [1.54, 1.807) is 0 Å². The fraction of sp³-hybridized carbons (Fsp3) is 0.364. The van der Waals surface area contributed by atoms with Gasteiger partial charge in [0.1, 0.15) is 11.6 Å². The second-order valence-electron chi connectivity index (χ2n) is 3.63. The molecule has 8 heteroatoms. The van der Waals surface area contributed by atoms with E-state index < -0.39 is 24.5 Å². The summed E-state index contributed by atoms with van der Waals surface area (Å²) in [6.07, 6.45) is -4.55. The molecule has 19 heavy (non-hydrogen) atoms. The maximum Gasteiger partial charge on any atom is 0.422 e. The highest BCUT2D eigenvalue weighted by Gasteiger charge is 2.29. The van der Waals surface area contributed by atoms with Crippen molar-refractivity contribution in [2.45, 2.75) is 12.6 Å². The largest absolute Gasteiger partial charge is 0.482 e. The zero-order valence-electron chi connectivity index (χ0n) is 9.76. The molecule has 0 aliphatic heterocycles. The third-order valence-corrected chi connectivity index (χ3v) is 1.98. The molecule has 0 radical (unpaired) electrons. The Morgan fingerprint density at radius 2 is 2.05 bits per heavy atom. The van der Waals surface area contributed by atoms with Crippen molar-refractivity contribution in [2.75, 3.05) is 18.5 Å². The number of carbonyl (C=O) groups is 1. The summed E-state index contributed by atoms with van der Waals surface area (Å²) in [5, 5.41) is 2.30. The Morgan fingerprint density at radius 3 is 2.63 bits per heavy atom. The van der Waals surface area contributed by atoms with E-state index in [2.05, 4.69) is 10.1 Å². The van der Waals surface area contributed by atoms with Gasteiger partial charge in [-0.25, -0.2) is 4.39 Å². The number of rotatable bonds is 5. The van der Waals surface area contributed by atoms with Gasteiger partial charge in [-0.1, -0.05) is 0 Å². The smallest absolute Gasteiger partial charge is 0.422 e. The molecule has 0 unspecified atom stereocenters. The molecule has 3 N–H and O–H groups in total. The lowest BCUT2D eigenvalue weighted by Gasteiger charge is -2.13. The lowest BCUT2D eigenvalue weighted by molar-refractivity contribution is -0.153. The zero-order valence-corrected chi connectivity index (χ0v) is 9.76. The number of nitrogens with one attached hydrogen (secondary N) is 1. The molecule has 1 amide bonds. The van der Waals surface area contributed by atoms with Crippen LogP contribution < -0.4 is 15.8 Å². The molecule has 4 nitrogen and oxygen atoms in total. The second-order valence-corrected chi connectivity index (χ2v) is 3.63. The molecule has 0 aliphatic carbocycles. The van der Waals surface area contributed by atoms with Crippen molar-refractivity contribution in [3.8, 4) is 5.75 Å². The van der Waals surface area contributed by atoms with Gasteiger partial charge >= 0.3 is 6.18 Å². The number of alkyl halides is 3. The standard InChI is InChI=1S/C11H12F4N2O2/c12-7-1-2-8(17-10(18)3-4-16)9(5-7)19-6-11(13,14)15/h1-2,5H,3-4,6,16H2,(H,17,18). The van der Waals surface area contributed by atoms with Crippen LogP contribution >= 0.6 is 0 Å². The monoisotopic (exact) mass is 280 g/mol. The van der Waals surface area contributed by atoms with Crippen molar-refractivity contribution >= 4 is 11.6 Å². The molecule has 0 fully saturated rings. The highest BCUT2D eigenvalue weighted by molar-refractivity contribution is 5.92. The van der Waals surface area contributed by atoms with Crippen LogP contribution in [-0.4, -0.2) is 25.2 Å². The highest BCUT2D eigenvalue weighted by atomic mass is 19.4. The van der Waals surface area contributed by atoms with Gasteiger partial charge in [-0.15, -0.1) is 0 Å². The van der Waals surface area contributed by atoms with E-state index in [1.807, 2.05) is 0 Å². The lowest BCUT2D eigenvalue weighted by Crippen LogP contribution is -2.21. The maximum absolute atomic E-state index is 13.0. The molecular weight excluding hydrogens is 268 g/mol. The molecule has 0 heterocycles. The second kappa shape index (κ2) is 6.37. The van der Waals surface area contributed by atoms with E-state index in [-0.39, 0.29) is 24.4 Å². The molecule has 106 valence electrons. The predicted molar refractivity (Wildman–Crippen MR) is 60.3 cm³/mol.